The van der Waals surface area contributed by atoms with Gasteiger partial charge in [0.2, 0.25) is 5.75 Å². The van der Waals surface area contributed by atoms with E-state index in [1.807, 2.05) is 6.07 Å². The van der Waals surface area contributed by atoms with E-state index in [4.69, 9.17) is 21.9 Å². The second-order valence-electron chi connectivity index (χ2n) is 4.47. The van der Waals surface area contributed by atoms with Crippen molar-refractivity contribution in [2.45, 2.75) is 0 Å². The van der Waals surface area contributed by atoms with E-state index in [2.05, 4.69) is 0 Å². The summed E-state index contributed by atoms with van der Waals surface area (Å²) in [4.78, 5) is 0. The molecule has 3 rings (SSSR count). The predicted octanol–water partition coefficient (Wildman–Crippen LogP) is 4.11. The molecule has 21 heavy (non-hydrogen) atoms. The number of nitriles is 1. The Morgan fingerprint density at radius 2 is 1.76 bits per heavy atom. The zero-order valence-corrected chi connectivity index (χ0v) is 11.5. The van der Waals surface area contributed by atoms with Gasteiger partial charge in [0.25, 0.3) is 0 Å². The Bertz CT molecular complexity index is 937. The maximum Gasteiger partial charge on any atom is 0.201 e. The largest absolute Gasteiger partial charge is 0.504 e. The first-order valence-electron chi connectivity index (χ1n) is 6.09. The SMILES string of the molecule is N#Cc1ccc(-c2cc(=S)c3ccc(O)c(O)c3o2)cc1. The summed E-state index contributed by atoms with van der Waals surface area (Å²) < 4.78 is 6.16. The molecule has 0 aliphatic heterocycles. The van der Waals surface area contributed by atoms with Crippen LogP contribution in [0.4, 0.5) is 0 Å². The first-order chi connectivity index (χ1) is 10.1. The summed E-state index contributed by atoms with van der Waals surface area (Å²) in [6.07, 6.45) is 0. The summed E-state index contributed by atoms with van der Waals surface area (Å²) in [7, 11) is 0. The van der Waals surface area contributed by atoms with Gasteiger partial charge < -0.3 is 14.6 Å². The van der Waals surface area contributed by atoms with Crippen LogP contribution in [0.1, 0.15) is 5.56 Å². The van der Waals surface area contributed by atoms with Crippen molar-refractivity contribution in [3.05, 3.63) is 52.5 Å². The van der Waals surface area contributed by atoms with E-state index in [-0.39, 0.29) is 17.1 Å². The van der Waals surface area contributed by atoms with E-state index in [0.717, 1.165) is 5.56 Å². The Morgan fingerprint density at radius 1 is 1.05 bits per heavy atom. The normalized spacial score (nSPS) is 10.4. The number of hydrogen-bond acceptors (Lipinski definition) is 5. The lowest BCUT2D eigenvalue weighted by Gasteiger charge is -2.06. The molecular weight excluding hydrogens is 286 g/mol. The van der Waals surface area contributed by atoms with Crippen LogP contribution in [0.3, 0.4) is 0 Å². The van der Waals surface area contributed by atoms with Gasteiger partial charge in [-0.25, -0.2) is 0 Å². The lowest BCUT2D eigenvalue weighted by molar-refractivity contribution is 0.400. The molecule has 2 aromatic carbocycles. The van der Waals surface area contributed by atoms with Gasteiger partial charge in [-0.2, -0.15) is 5.26 Å². The predicted molar refractivity (Wildman–Crippen MR) is 80.5 cm³/mol. The summed E-state index contributed by atoms with van der Waals surface area (Å²) in [5.41, 5.74) is 1.41. The molecule has 102 valence electrons. The number of nitrogens with zero attached hydrogens (tertiary/aromatic N) is 1. The lowest BCUT2D eigenvalue weighted by atomic mass is 10.1. The molecule has 0 spiro atoms. The third kappa shape index (κ3) is 2.22. The monoisotopic (exact) mass is 295 g/mol. The molecule has 2 N–H and O–H groups in total. The average Bonchev–Trinajstić information content (AvgIpc) is 2.51. The molecule has 3 aromatic rings. The minimum Gasteiger partial charge on any atom is -0.504 e. The van der Waals surface area contributed by atoms with Gasteiger partial charge in [0.1, 0.15) is 5.76 Å². The quantitative estimate of drug-likeness (QED) is 0.522. The summed E-state index contributed by atoms with van der Waals surface area (Å²) >= 11 is 5.29. The standard InChI is InChI=1S/C16H9NO3S/c17-8-9-1-3-10(4-2-9)13-7-14(21)11-5-6-12(18)15(19)16(11)20-13/h1-7,18-19H. The summed E-state index contributed by atoms with van der Waals surface area (Å²) in [6, 6.07) is 13.5. The highest BCUT2D eigenvalue weighted by molar-refractivity contribution is 7.71. The first kappa shape index (κ1) is 13.2. The highest BCUT2D eigenvalue weighted by atomic mass is 32.1. The minimum atomic E-state index is -0.339. The number of hydrogen-bond donors (Lipinski definition) is 2. The zero-order valence-electron chi connectivity index (χ0n) is 10.7. The molecule has 0 radical (unpaired) electrons. The number of fused-ring (bicyclic) bond motifs is 1. The molecule has 0 amide bonds. The highest BCUT2D eigenvalue weighted by Gasteiger charge is 2.11. The maximum atomic E-state index is 9.90. The van der Waals surface area contributed by atoms with Crippen LogP contribution in [-0.4, -0.2) is 10.2 Å². The molecule has 4 nitrogen and oxygen atoms in total. The van der Waals surface area contributed by atoms with Crippen LogP contribution in [0, 0.1) is 15.8 Å². The Labute approximate surface area is 125 Å². The second-order valence-corrected chi connectivity index (χ2v) is 4.91. The Morgan fingerprint density at radius 3 is 2.43 bits per heavy atom. The fraction of sp³-hybridized carbons (Fsp3) is 0. The molecule has 0 saturated heterocycles. The fourth-order valence-corrected chi connectivity index (χ4v) is 2.31. The van der Waals surface area contributed by atoms with Crippen molar-refractivity contribution in [2.24, 2.45) is 0 Å². The fourth-order valence-electron chi connectivity index (χ4n) is 2.05. The molecular formula is C16H9NO3S. The molecule has 0 fully saturated rings. The molecule has 0 saturated carbocycles. The number of phenolic OH excluding ortho intramolecular Hbond substituents is 2. The summed E-state index contributed by atoms with van der Waals surface area (Å²) in [6.45, 7) is 0. The van der Waals surface area contributed by atoms with E-state index >= 15 is 0 Å². The van der Waals surface area contributed by atoms with E-state index < -0.39 is 0 Å². The zero-order chi connectivity index (χ0) is 15.0. The van der Waals surface area contributed by atoms with Crippen molar-refractivity contribution in [3.8, 4) is 28.9 Å². The Balaban J connectivity index is 2.26. The van der Waals surface area contributed by atoms with Crippen LogP contribution in [0.2, 0.25) is 0 Å². The molecule has 0 aliphatic rings. The second kappa shape index (κ2) is 4.93. The van der Waals surface area contributed by atoms with Crippen LogP contribution in [0.25, 0.3) is 22.3 Å². The number of aromatic hydroxyl groups is 2. The Kier molecular flexibility index (Phi) is 3.09. The molecule has 0 unspecified atom stereocenters. The van der Waals surface area contributed by atoms with Gasteiger partial charge in [0, 0.05) is 17.0 Å². The van der Waals surface area contributed by atoms with Gasteiger partial charge in [0.15, 0.2) is 11.3 Å². The third-order valence-electron chi connectivity index (χ3n) is 3.15. The smallest absolute Gasteiger partial charge is 0.201 e. The van der Waals surface area contributed by atoms with Crippen LogP contribution in [0.5, 0.6) is 11.5 Å². The van der Waals surface area contributed by atoms with Gasteiger partial charge in [0.05, 0.1) is 16.1 Å². The minimum absolute atomic E-state index is 0.141. The van der Waals surface area contributed by atoms with E-state index in [0.29, 0.717) is 21.2 Å². The van der Waals surface area contributed by atoms with Crippen LogP contribution in [-0.2, 0) is 0 Å². The van der Waals surface area contributed by atoms with Gasteiger partial charge in [-0.1, -0.05) is 12.2 Å². The van der Waals surface area contributed by atoms with Gasteiger partial charge in [-0.15, -0.1) is 0 Å². The van der Waals surface area contributed by atoms with Crippen molar-refractivity contribution in [3.63, 3.8) is 0 Å². The molecule has 0 aliphatic carbocycles. The molecule has 1 aromatic heterocycles. The van der Waals surface area contributed by atoms with Crippen LogP contribution >= 0.6 is 12.2 Å². The van der Waals surface area contributed by atoms with Gasteiger partial charge in [-0.05, 0) is 36.4 Å². The number of rotatable bonds is 1. The van der Waals surface area contributed by atoms with Crippen LogP contribution in [0.15, 0.2) is 46.9 Å². The van der Waals surface area contributed by atoms with Crippen LogP contribution < -0.4 is 0 Å². The first-order valence-corrected chi connectivity index (χ1v) is 6.50. The summed E-state index contributed by atoms with van der Waals surface area (Å²) in [5.74, 6) is -0.149. The van der Waals surface area contributed by atoms with E-state index in [9.17, 15) is 10.2 Å². The van der Waals surface area contributed by atoms with Crippen molar-refractivity contribution in [1.29, 1.82) is 5.26 Å². The molecule has 0 atom stereocenters. The van der Waals surface area contributed by atoms with Crippen molar-refractivity contribution in [1.82, 2.24) is 0 Å². The molecule has 5 heteroatoms. The van der Waals surface area contributed by atoms with Crippen molar-refractivity contribution >= 4 is 23.2 Å². The maximum absolute atomic E-state index is 9.90. The van der Waals surface area contributed by atoms with E-state index in [1.54, 1.807) is 36.4 Å². The number of phenols is 2. The number of benzene rings is 2. The lowest BCUT2D eigenvalue weighted by Crippen LogP contribution is -1.83. The topological polar surface area (TPSA) is 77.4 Å². The third-order valence-corrected chi connectivity index (χ3v) is 3.49. The molecule has 1 heterocycles. The van der Waals surface area contributed by atoms with Crippen molar-refractivity contribution < 1.29 is 14.6 Å². The van der Waals surface area contributed by atoms with Gasteiger partial charge in [-0.3, -0.25) is 0 Å². The summed E-state index contributed by atoms with van der Waals surface area (Å²) in [5, 5.41) is 28.8. The van der Waals surface area contributed by atoms with Crippen molar-refractivity contribution in [2.75, 3.05) is 0 Å². The Hall–Kier alpha value is -2.84. The molecule has 0 bridgehead atoms. The average molecular weight is 295 g/mol. The van der Waals surface area contributed by atoms with E-state index in [1.165, 1.54) is 6.07 Å². The highest BCUT2D eigenvalue weighted by Crippen LogP contribution is 2.36. The van der Waals surface area contributed by atoms with Gasteiger partial charge >= 0.3 is 0 Å².